The van der Waals surface area contributed by atoms with E-state index in [1.54, 1.807) is 0 Å². The van der Waals surface area contributed by atoms with Gasteiger partial charge in [-0.15, -0.1) is 0 Å². The Hall–Kier alpha value is -0.160. The molecule has 1 unspecified atom stereocenters. The summed E-state index contributed by atoms with van der Waals surface area (Å²) in [5.74, 6) is 0. The van der Waals surface area contributed by atoms with E-state index >= 15 is 0 Å². The maximum absolute atomic E-state index is 8.96. The monoisotopic (exact) mass is 334 g/mol. The van der Waals surface area contributed by atoms with Crippen LogP contribution in [0.4, 0.5) is 0 Å². The first kappa shape index (κ1) is 25.1. The summed E-state index contributed by atoms with van der Waals surface area (Å²) in [7, 11) is 0. The number of hydrogen-bond acceptors (Lipinski definition) is 4. The van der Waals surface area contributed by atoms with Crippen molar-refractivity contribution in [3.8, 4) is 0 Å². The minimum atomic E-state index is -0.489. The molecule has 0 radical (unpaired) electrons. The van der Waals surface area contributed by atoms with Gasteiger partial charge in [0.1, 0.15) is 0 Å². The Bertz CT molecular complexity index is 178. The van der Waals surface area contributed by atoms with Crippen molar-refractivity contribution in [2.75, 3.05) is 19.8 Å². The zero-order valence-electron chi connectivity index (χ0n) is 15.4. The Kier molecular flexibility index (Phi) is 26.3. The molecule has 142 valence electrons. The summed E-state index contributed by atoms with van der Waals surface area (Å²) in [6.07, 6.45) is 15.6. The molecular formula is C19H42O4. The molecule has 0 aliphatic carbocycles. The van der Waals surface area contributed by atoms with Crippen molar-refractivity contribution < 1.29 is 20.4 Å². The maximum atomic E-state index is 8.96. The third kappa shape index (κ3) is 27.0. The Labute approximate surface area is 143 Å². The van der Waals surface area contributed by atoms with Crippen LogP contribution in [-0.2, 0) is 0 Å². The molecule has 0 bridgehead atoms. The molecule has 0 heterocycles. The summed E-state index contributed by atoms with van der Waals surface area (Å²) in [5, 5.41) is 34.5. The highest BCUT2D eigenvalue weighted by Crippen LogP contribution is 2.08. The van der Waals surface area contributed by atoms with Gasteiger partial charge in [0.05, 0.1) is 12.7 Å². The molecule has 4 N–H and O–H groups in total. The third-order valence-electron chi connectivity index (χ3n) is 3.92. The Morgan fingerprint density at radius 2 is 0.957 bits per heavy atom. The summed E-state index contributed by atoms with van der Waals surface area (Å²) in [6, 6.07) is 0. The van der Waals surface area contributed by atoms with Crippen LogP contribution in [0.2, 0.25) is 0 Å². The molecule has 1 atom stereocenters. The topological polar surface area (TPSA) is 80.9 Å². The van der Waals surface area contributed by atoms with E-state index in [-0.39, 0.29) is 6.61 Å². The molecule has 0 aliphatic heterocycles. The van der Waals surface area contributed by atoms with Crippen LogP contribution in [0.1, 0.15) is 96.8 Å². The number of hydrogen-bond donors (Lipinski definition) is 4. The second kappa shape index (κ2) is 24.1. The summed E-state index contributed by atoms with van der Waals surface area (Å²) >= 11 is 0. The van der Waals surface area contributed by atoms with Gasteiger partial charge in [-0.25, -0.2) is 0 Å². The summed E-state index contributed by atoms with van der Waals surface area (Å²) in [5.41, 5.74) is 0. The average Bonchev–Trinajstić information content (AvgIpc) is 2.57. The van der Waals surface area contributed by atoms with E-state index in [0.717, 1.165) is 38.5 Å². The standard InChI is InChI=1S/C10H22O2.C9H20O2/c11-9-7-5-3-1-2-4-6-8-10-12;1-2-3-4-5-6-7-9(11)8-10/h11-12H,1-10H2;9-11H,2-8H2,1H3. The van der Waals surface area contributed by atoms with Gasteiger partial charge in [-0.1, -0.05) is 77.6 Å². The lowest BCUT2D eigenvalue weighted by molar-refractivity contribution is 0.0860. The van der Waals surface area contributed by atoms with E-state index in [9.17, 15) is 0 Å². The van der Waals surface area contributed by atoms with Gasteiger partial charge in [0, 0.05) is 13.2 Å². The van der Waals surface area contributed by atoms with E-state index in [2.05, 4.69) is 6.92 Å². The van der Waals surface area contributed by atoms with E-state index < -0.39 is 6.10 Å². The van der Waals surface area contributed by atoms with Gasteiger partial charge in [0.2, 0.25) is 0 Å². The SMILES string of the molecule is CCCCCCCC(O)CO.OCCCCCCCCCCO. The van der Waals surface area contributed by atoms with E-state index in [1.165, 1.54) is 51.4 Å². The average molecular weight is 335 g/mol. The van der Waals surface area contributed by atoms with Crippen LogP contribution < -0.4 is 0 Å². The van der Waals surface area contributed by atoms with Gasteiger partial charge in [-0.2, -0.15) is 0 Å². The number of aliphatic hydroxyl groups is 4. The molecular weight excluding hydrogens is 292 g/mol. The van der Waals surface area contributed by atoms with E-state index in [0.29, 0.717) is 13.2 Å². The third-order valence-corrected chi connectivity index (χ3v) is 3.92. The summed E-state index contributed by atoms with van der Waals surface area (Å²) < 4.78 is 0. The summed E-state index contributed by atoms with van der Waals surface area (Å²) in [6.45, 7) is 2.77. The Balaban J connectivity index is 0. The van der Waals surface area contributed by atoms with Gasteiger partial charge in [0.25, 0.3) is 0 Å². The minimum absolute atomic E-state index is 0.0895. The van der Waals surface area contributed by atoms with Crippen molar-refractivity contribution in [2.45, 2.75) is 103 Å². The van der Waals surface area contributed by atoms with Crippen molar-refractivity contribution in [1.29, 1.82) is 0 Å². The van der Waals surface area contributed by atoms with Crippen LogP contribution in [0, 0.1) is 0 Å². The lowest BCUT2D eigenvalue weighted by atomic mass is 10.1. The number of unbranched alkanes of at least 4 members (excludes halogenated alkanes) is 11. The second-order valence-electron chi connectivity index (χ2n) is 6.31. The molecule has 0 amide bonds. The van der Waals surface area contributed by atoms with Crippen molar-refractivity contribution in [1.82, 2.24) is 0 Å². The molecule has 0 saturated heterocycles. The first-order chi connectivity index (χ1) is 11.2. The fourth-order valence-corrected chi connectivity index (χ4v) is 2.36. The lowest BCUT2D eigenvalue weighted by Crippen LogP contribution is -2.10. The zero-order valence-corrected chi connectivity index (χ0v) is 15.4. The number of aliphatic hydroxyl groups excluding tert-OH is 4. The van der Waals surface area contributed by atoms with Gasteiger partial charge < -0.3 is 20.4 Å². The van der Waals surface area contributed by atoms with Crippen LogP contribution in [0.25, 0.3) is 0 Å². The van der Waals surface area contributed by atoms with Crippen molar-refractivity contribution in [2.24, 2.45) is 0 Å². The predicted molar refractivity (Wildman–Crippen MR) is 97.6 cm³/mol. The van der Waals surface area contributed by atoms with Crippen LogP contribution in [-0.4, -0.2) is 46.4 Å². The first-order valence-electron chi connectivity index (χ1n) is 9.73. The molecule has 23 heavy (non-hydrogen) atoms. The Morgan fingerprint density at radius 1 is 0.565 bits per heavy atom. The Morgan fingerprint density at radius 3 is 1.35 bits per heavy atom. The van der Waals surface area contributed by atoms with Gasteiger partial charge in [0.15, 0.2) is 0 Å². The largest absolute Gasteiger partial charge is 0.396 e. The first-order valence-corrected chi connectivity index (χ1v) is 9.73. The van der Waals surface area contributed by atoms with Gasteiger partial charge in [-0.05, 0) is 19.3 Å². The number of rotatable bonds is 16. The molecule has 0 aromatic carbocycles. The van der Waals surface area contributed by atoms with Crippen molar-refractivity contribution in [3.05, 3.63) is 0 Å². The van der Waals surface area contributed by atoms with Crippen LogP contribution in [0.5, 0.6) is 0 Å². The van der Waals surface area contributed by atoms with Gasteiger partial charge >= 0.3 is 0 Å². The maximum Gasteiger partial charge on any atom is 0.0770 e. The zero-order chi connectivity index (χ0) is 17.6. The molecule has 0 rings (SSSR count). The molecule has 0 saturated carbocycles. The fourth-order valence-electron chi connectivity index (χ4n) is 2.36. The molecule has 0 aliphatic rings. The second-order valence-corrected chi connectivity index (χ2v) is 6.31. The van der Waals surface area contributed by atoms with Crippen LogP contribution in [0.3, 0.4) is 0 Å². The van der Waals surface area contributed by atoms with Gasteiger partial charge in [-0.3, -0.25) is 0 Å². The minimum Gasteiger partial charge on any atom is -0.396 e. The highest BCUT2D eigenvalue weighted by atomic mass is 16.3. The molecule has 0 aromatic heterocycles. The van der Waals surface area contributed by atoms with Crippen LogP contribution in [0.15, 0.2) is 0 Å². The molecule has 4 nitrogen and oxygen atoms in total. The highest BCUT2D eigenvalue weighted by molar-refractivity contribution is 4.52. The van der Waals surface area contributed by atoms with Crippen molar-refractivity contribution in [3.63, 3.8) is 0 Å². The predicted octanol–water partition coefficient (Wildman–Crippen LogP) is 3.79. The summed E-state index contributed by atoms with van der Waals surface area (Å²) in [4.78, 5) is 0. The highest BCUT2D eigenvalue weighted by Gasteiger charge is 1.99. The molecule has 4 heteroatoms. The lowest BCUT2D eigenvalue weighted by Gasteiger charge is -2.05. The van der Waals surface area contributed by atoms with E-state index in [1.807, 2.05) is 0 Å². The molecule has 0 spiro atoms. The normalized spacial score (nSPS) is 11.9. The quantitative estimate of drug-likeness (QED) is 0.324. The molecule has 0 fully saturated rings. The molecule has 0 aromatic rings. The van der Waals surface area contributed by atoms with Crippen molar-refractivity contribution >= 4 is 0 Å². The van der Waals surface area contributed by atoms with Crippen LogP contribution >= 0.6 is 0 Å². The smallest absolute Gasteiger partial charge is 0.0770 e. The van der Waals surface area contributed by atoms with E-state index in [4.69, 9.17) is 20.4 Å². The fraction of sp³-hybridized carbons (Fsp3) is 1.00.